The number of ether oxygens (including phenoxy) is 1. The maximum Gasteiger partial charge on any atom is 0.226 e. The summed E-state index contributed by atoms with van der Waals surface area (Å²) in [6.07, 6.45) is 6.69. The molecule has 0 aromatic carbocycles. The minimum atomic E-state index is -0.437. The van der Waals surface area contributed by atoms with Gasteiger partial charge in [-0.25, -0.2) is 4.98 Å². The molecule has 3 aliphatic rings. The standard InChI is InChI=1S/C26H42N4O3/c1-16-19(28-20(27-16)25(11-9-12-25)29-21(31)23(2,3)4)17-14-26(15-17,18-10-8-13-33-18)30-22(32)24(5,6)7/h17-18H,8-15H2,1-7H3,(H,27,28)(H,29,31)(H,30,32). The number of aryl methyl sites for hydroxylation is 1. The number of aromatic nitrogens is 2. The number of rotatable bonds is 5. The van der Waals surface area contributed by atoms with Crippen molar-refractivity contribution in [1.82, 2.24) is 20.6 Å². The van der Waals surface area contributed by atoms with Crippen LogP contribution in [0.2, 0.25) is 0 Å². The van der Waals surface area contributed by atoms with E-state index in [2.05, 4.69) is 22.5 Å². The maximum atomic E-state index is 12.9. The second kappa shape index (κ2) is 8.10. The Morgan fingerprint density at radius 3 is 2.09 bits per heavy atom. The van der Waals surface area contributed by atoms with Crippen LogP contribution in [-0.4, -0.2) is 40.0 Å². The summed E-state index contributed by atoms with van der Waals surface area (Å²) in [4.78, 5) is 34.2. The average Bonchev–Trinajstić information content (AvgIpc) is 3.29. The van der Waals surface area contributed by atoms with E-state index < -0.39 is 10.8 Å². The van der Waals surface area contributed by atoms with Gasteiger partial charge in [0.05, 0.1) is 22.9 Å². The number of H-pyrrole nitrogens is 1. The first-order chi connectivity index (χ1) is 15.3. The van der Waals surface area contributed by atoms with E-state index in [9.17, 15) is 9.59 Å². The van der Waals surface area contributed by atoms with Crippen LogP contribution >= 0.6 is 0 Å². The van der Waals surface area contributed by atoms with E-state index in [1.807, 2.05) is 41.5 Å². The van der Waals surface area contributed by atoms with Crippen molar-refractivity contribution < 1.29 is 14.3 Å². The summed E-state index contributed by atoms with van der Waals surface area (Å²) in [5, 5.41) is 6.67. The van der Waals surface area contributed by atoms with Crippen molar-refractivity contribution in [2.75, 3.05) is 6.61 Å². The molecule has 0 radical (unpaired) electrons. The summed E-state index contributed by atoms with van der Waals surface area (Å²) in [5.41, 5.74) is 0.560. The number of hydrogen-bond acceptors (Lipinski definition) is 4. The predicted octanol–water partition coefficient (Wildman–Crippen LogP) is 4.22. The van der Waals surface area contributed by atoms with Gasteiger partial charge in [-0.2, -0.15) is 0 Å². The van der Waals surface area contributed by atoms with Gasteiger partial charge in [-0.1, -0.05) is 41.5 Å². The lowest BCUT2D eigenvalue weighted by atomic mass is 9.63. The largest absolute Gasteiger partial charge is 0.376 e. The Morgan fingerprint density at radius 2 is 1.61 bits per heavy atom. The molecule has 2 heterocycles. The zero-order valence-electron chi connectivity index (χ0n) is 21.5. The summed E-state index contributed by atoms with van der Waals surface area (Å²) >= 11 is 0. The van der Waals surface area contributed by atoms with Crippen LogP contribution in [0.4, 0.5) is 0 Å². The van der Waals surface area contributed by atoms with Crippen LogP contribution in [0.1, 0.15) is 110 Å². The molecule has 0 spiro atoms. The van der Waals surface area contributed by atoms with Gasteiger partial charge < -0.3 is 20.4 Å². The highest BCUT2D eigenvalue weighted by Gasteiger charge is 2.54. The number of nitrogens with zero attached hydrogens (tertiary/aromatic N) is 1. The van der Waals surface area contributed by atoms with Crippen molar-refractivity contribution in [2.24, 2.45) is 10.8 Å². The lowest BCUT2D eigenvalue weighted by Gasteiger charge is -2.51. The first kappa shape index (κ1) is 24.2. The molecule has 3 N–H and O–H groups in total. The topological polar surface area (TPSA) is 96.1 Å². The van der Waals surface area contributed by atoms with E-state index in [1.54, 1.807) is 0 Å². The number of amides is 2. The number of aromatic amines is 1. The highest BCUT2D eigenvalue weighted by Crippen LogP contribution is 2.51. The second-order valence-corrected chi connectivity index (χ2v) is 12.7. The monoisotopic (exact) mass is 458 g/mol. The molecule has 2 saturated carbocycles. The molecule has 7 nitrogen and oxygen atoms in total. The van der Waals surface area contributed by atoms with Crippen molar-refractivity contribution in [2.45, 2.75) is 117 Å². The molecule has 1 unspecified atom stereocenters. The fraction of sp³-hybridized carbons (Fsp3) is 0.808. The zero-order valence-corrected chi connectivity index (χ0v) is 21.5. The van der Waals surface area contributed by atoms with Crippen LogP contribution in [0.5, 0.6) is 0 Å². The van der Waals surface area contributed by atoms with Gasteiger partial charge in [-0.3, -0.25) is 9.59 Å². The number of nitrogens with one attached hydrogen (secondary N) is 3. The number of carbonyl (C=O) groups excluding carboxylic acids is 2. The van der Waals surface area contributed by atoms with Gasteiger partial charge in [0.25, 0.3) is 0 Å². The molecule has 1 aliphatic heterocycles. The first-order valence-corrected chi connectivity index (χ1v) is 12.6. The first-order valence-electron chi connectivity index (χ1n) is 12.6. The molecule has 1 saturated heterocycles. The van der Waals surface area contributed by atoms with E-state index in [-0.39, 0.29) is 34.9 Å². The molecule has 1 aromatic heterocycles. The highest BCUT2D eigenvalue weighted by atomic mass is 16.5. The number of carbonyl (C=O) groups is 2. The Bertz CT molecular complexity index is 905. The Morgan fingerprint density at radius 1 is 1.00 bits per heavy atom. The summed E-state index contributed by atoms with van der Waals surface area (Å²) in [6.45, 7) is 14.5. The fourth-order valence-corrected chi connectivity index (χ4v) is 5.34. The number of hydrogen-bond donors (Lipinski definition) is 3. The van der Waals surface area contributed by atoms with Gasteiger partial charge in [-0.05, 0) is 51.9 Å². The molecule has 184 valence electrons. The molecule has 33 heavy (non-hydrogen) atoms. The molecule has 4 rings (SSSR count). The van der Waals surface area contributed by atoms with Crippen LogP contribution < -0.4 is 10.6 Å². The average molecular weight is 459 g/mol. The third kappa shape index (κ3) is 4.45. The molecule has 7 heteroatoms. The minimum Gasteiger partial charge on any atom is -0.376 e. The van der Waals surface area contributed by atoms with Crippen molar-refractivity contribution in [3.05, 3.63) is 17.2 Å². The van der Waals surface area contributed by atoms with Gasteiger partial charge in [0.2, 0.25) is 11.8 Å². The van der Waals surface area contributed by atoms with Crippen molar-refractivity contribution in [3.8, 4) is 0 Å². The van der Waals surface area contributed by atoms with Crippen molar-refractivity contribution in [1.29, 1.82) is 0 Å². The van der Waals surface area contributed by atoms with Crippen LogP contribution in [0, 0.1) is 17.8 Å². The van der Waals surface area contributed by atoms with E-state index in [0.717, 1.165) is 68.8 Å². The van der Waals surface area contributed by atoms with Crippen molar-refractivity contribution >= 4 is 11.8 Å². The lowest BCUT2D eigenvalue weighted by Crippen LogP contribution is -2.65. The van der Waals surface area contributed by atoms with Gasteiger partial charge >= 0.3 is 0 Å². The third-order valence-electron chi connectivity index (χ3n) is 7.81. The molecule has 0 bridgehead atoms. The molecule has 2 aliphatic carbocycles. The minimum absolute atomic E-state index is 0.0590. The fourth-order valence-electron chi connectivity index (χ4n) is 5.34. The smallest absolute Gasteiger partial charge is 0.226 e. The normalized spacial score (nSPS) is 29.2. The third-order valence-corrected chi connectivity index (χ3v) is 7.81. The quantitative estimate of drug-likeness (QED) is 0.616. The molecule has 1 aromatic rings. The molecule has 2 amide bonds. The second-order valence-electron chi connectivity index (χ2n) is 12.7. The van der Waals surface area contributed by atoms with E-state index in [4.69, 9.17) is 9.72 Å². The maximum absolute atomic E-state index is 12.9. The zero-order chi connectivity index (χ0) is 24.2. The Labute approximate surface area is 198 Å². The van der Waals surface area contributed by atoms with E-state index in [0.29, 0.717) is 0 Å². The molecule has 3 fully saturated rings. The highest BCUT2D eigenvalue weighted by molar-refractivity contribution is 5.83. The molecular formula is C26H42N4O3. The summed E-state index contributed by atoms with van der Waals surface area (Å²) in [6, 6.07) is 0. The van der Waals surface area contributed by atoms with Gasteiger partial charge in [0.15, 0.2) is 0 Å². The Hall–Kier alpha value is -1.89. The van der Waals surface area contributed by atoms with Crippen LogP contribution in [0.3, 0.4) is 0 Å². The van der Waals surface area contributed by atoms with Gasteiger partial charge in [0, 0.05) is 29.0 Å². The Kier molecular flexibility index (Phi) is 5.95. The van der Waals surface area contributed by atoms with Crippen LogP contribution in [0.15, 0.2) is 0 Å². The van der Waals surface area contributed by atoms with Crippen LogP contribution in [0.25, 0.3) is 0 Å². The van der Waals surface area contributed by atoms with Gasteiger partial charge in [0.1, 0.15) is 5.82 Å². The predicted molar refractivity (Wildman–Crippen MR) is 128 cm³/mol. The van der Waals surface area contributed by atoms with Crippen molar-refractivity contribution in [3.63, 3.8) is 0 Å². The van der Waals surface area contributed by atoms with Gasteiger partial charge in [-0.15, -0.1) is 0 Å². The Balaban J connectivity index is 1.53. The molecular weight excluding hydrogens is 416 g/mol. The summed E-state index contributed by atoms with van der Waals surface area (Å²) < 4.78 is 6.06. The lowest BCUT2D eigenvalue weighted by molar-refractivity contribution is -0.135. The summed E-state index contributed by atoms with van der Waals surface area (Å²) in [7, 11) is 0. The summed E-state index contributed by atoms with van der Waals surface area (Å²) in [5.74, 6) is 1.29. The SMILES string of the molecule is Cc1[nH]c(C2(NC(=O)C(C)(C)C)CCC2)nc1C1CC(NC(=O)C(C)(C)C)(C2CCCO2)C1. The molecule has 1 atom stereocenters. The van der Waals surface area contributed by atoms with Crippen LogP contribution in [-0.2, 0) is 19.9 Å². The van der Waals surface area contributed by atoms with E-state index >= 15 is 0 Å². The van der Waals surface area contributed by atoms with E-state index in [1.165, 1.54) is 0 Å². The number of imidazole rings is 1.